The molecule has 0 aromatic carbocycles. The monoisotopic (exact) mass is 914 g/mol. The lowest BCUT2D eigenvalue weighted by Gasteiger charge is -2.42. The summed E-state index contributed by atoms with van der Waals surface area (Å²) >= 11 is 0. The molecule has 0 aromatic rings. The first kappa shape index (κ1) is 54.2. The van der Waals surface area contributed by atoms with E-state index in [1.807, 2.05) is 58.1 Å². The van der Waals surface area contributed by atoms with Crippen LogP contribution in [-0.2, 0) is 47.7 Å². The molecule has 4 rings (SSSR count). The van der Waals surface area contributed by atoms with E-state index in [0.29, 0.717) is 63.4 Å². The molecule has 14 heteroatoms. The van der Waals surface area contributed by atoms with Gasteiger partial charge in [0.2, 0.25) is 5.79 Å². The maximum atomic E-state index is 14.4. The number of hydrogen-bond donors (Lipinski definition) is 3. The van der Waals surface area contributed by atoms with E-state index in [-0.39, 0.29) is 54.8 Å². The van der Waals surface area contributed by atoms with Crippen LogP contribution in [0, 0.1) is 35.5 Å². The molecule has 366 valence electrons. The summed E-state index contributed by atoms with van der Waals surface area (Å²) in [5.41, 5.74) is 1.27. The van der Waals surface area contributed by atoms with Crippen LogP contribution < -0.4 is 0 Å². The van der Waals surface area contributed by atoms with Crippen LogP contribution in [0.15, 0.2) is 47.6 Å². The molecule has 3 aliphatic heterocycles. The van der Waals surface area contributed by atoms with E-state index in [0.717, 1.165) is 12.0 Å². The molecule has 2 bridgehead atoms. The number of piperidine rings is 1. The average molecular weight is 914 g/mol. The predicted molar refractivity (Wildman–Crippen MR) is 245 cm³/mol. The van der Waals surface area contributed by atoms with E-state index < -0.39 is 83.9 Å². The zero-order valence-electron chi connectivity index (χ0n) is 40.6. The van der Waals surface area contributed by atoms with Crippen LogP contribution in [0.5, 0.6) is 0 Å². The van der Waals surface area contributed by atoms with E-state index >= 15 is 0 Å². The first-order chi connectivity index (χ1) is 30.7. The van der Waals surface area contributed by atoms with Gasteiger partial charge in [0, 0.05) is 58.5 Å². The molecule has 4 aliphatic rings. The molecule has 3 fully saturated rings. The lowest BCUT2D eigenvalue weighted by molar-refractivity contribution is -0.265. The fraction of sp³-hybridized carbons (Fsp3) is 0.745. The minimum absolute atomic E-state index is 0.0193. The molecule has 65 heavy (non-hydrogen) atoms. The Kier molecular flexibility index (Phi) is 21.0. The summed E-state index contributed by atoms with van der Waals surface area (Å²) in [5.74, 6) is -7.96. The highest BCUT2D eigenvalue weighted by molar-refractivity contribution is 6.39. The van der Waals surface area contributed by atoms with Crippen LogP contribution in [0.4, 0.5) is 0 Å². The molecule has 1 aliphatic carbocycles. The molecule has 0 radical (unpaired) electrons. The molecule has 3 N–H and O–H groups in total. The van der Waals surface area contributed by atoms with Crippen molar-refractivity contribution < 1.29 is 63.0 Å². The van der Waals surface area contributed by atoms with Crippen LogP contribution in [-0.4, -0.2) is 132 Å². The number of fused-ring (bicyclic) bond motifs is 3. The summed E-state index contributed by atoms with van der Waals surface area (Å²) in [7, 11) is 4.52. The Morgan fingerprint density at radius 2 is 1.57 bits per heavy atom. The van der Waals surface area contributed by atoms with Gasteiger partial charge in [0.1, 0.15) is 30.1 Å². The van der Waals surface area contributed by atoms with Crippen molar-refractivity contribution in [1.82, 2.24) is 4.90 Å². The number of cyclic esters (lactones) is 1. The second-order valence-electron chi connectivity index (χ2n) is 19.6. The molecular formula is C51H79NO13. The molecule has 14 unspecified atom stereocenters. The Bertz CT molecular complexity index is 1760. The number of aliphatic hydroxyl groups excluding tert-OH is 2. The number of carbonyl (C=O) groups excluding carboxylic acids is 5. The second-order valence-corrected chi connectivity index (χ2v) is 19.6. The number of carbonyl (C=O) groups is 5. The van der Waals surface area contributed by atoms with Crippen molar-refractivity contribution in [2.24, 2.45) is 35.5 Å². The highest BCUT2D eigenvalue weighted by Crippen LogP contribution is 2.38. The van der Waals surface area contributed by atoms with Gasteiger partial charge in [-0.2, -0.15) is 0 Å². The summed E-state index contributed by atoms with van der Waals surface area (Å²) in [6.45, 7) is 12.7. The Morgan fingerprint density at radius 1 is 0.846 bits per heavy atom. The molecular weight excluding hydrogens is 835 g/mol. The molecule has 2 saturated heterocycles. The number of allylic oxidation sites excluding steroid dienone is 6. The topological polar surface area (TPSA) is 195 Å². The zero-order valence-corrected chi connectivity index (χ0v) is 40.6. The van der Waals surface area contributed by atoms with Gasteiger partial charge >= 0.3 is 5.97 Å². The SMILES string of the molecule is COC1CC2CCC(C)C(O)(O2)C(=O)C(=O)N2CCCCC2C(=O)OC(C(C)CC2CCC(O)C(OC)C2)CC(=O)C(C)/C=C(/C)C(O)C(OC)C(=O)[C@@H](C)CC(C)/C=C/C=C/C=C\1C. The van der Waals surface area contributed by atoms with Crippen molar-refractivity contribution >= 4 is 29.2 Å². The third-order valence-electron chi connectivity index (χ3n) is 14.5. The normalized spacial score (nSPS) is 40.4. The van der Waals surface area contributed by atoms with Gasteiger partial charge in [-0.15, -0.1) is 0 Å². The van der Waals surface area contributed by atoms with Gasteiger partial charge in [-0.3, -0.25) is 19.2 Å². The largest absolute Gasteiger partial charge is 0.460 e. The molecule has 3 heterocycles. The van der Waals surface area contributed by atoms with Crippen molar-refractivity contribution in [3.63, 3.8) is 0 Å². The van der Waals surface area contributed by atoms with E-state index in [9.17, 15) is 39.3 Å². The van der Waals surface area contributed by atoms with Gasteiger partial charge in [0.25, 0.3) is 11.7 Å². The summed E-state index contributed by atoms with van der Waals surface area (Å²) in [4.78, 5) is 71.8. The maximum absolute atomic E-state index is 14.4. The number of methoxy groups -OCH3 is 3. The molecule has 1 saturated carbocycles. The number of hydrogen-bond acceptors (Lipinski definition) is 13. The standard InChI is InChI=1S/C51H79NO13/c1-30-16-12-11-13-17-31(2)42(61-8)28-38-21-19-36(7)51(60,65-38)48(57)49(58)52-23-15-14-18-39(52)50(59)64-43(33(4)26-37-20-22-40(53)44(27-37)62-9)29-41(54)32(3)25-35(6)46(56)47(63-10)45(55)34(5)24-30/h11-13,16-17,25,30,32-34,36-40,42-44,46-47,53,56,60H,14-15,18-24,26-29H2,1-10H3/b13-11+,16-12+,31-17-,35-25-/t30?,32?,33?,34-,36?,37?,38?,39?,40?,42?,43?,44?,46?,47?,51?/m0/s1. The number of amides is 1. The van der Waals surface area contributed by atoms with E-state index in [2.05, 4.69) is 0 Å². The Balaban J connectivity index is 1.70. The van der Waals surface area contributed by atoms with Crippen LogP contribution in [0.1, 0.15) is 126 Å². The number of nitrogens with zero attached hydrogens (tertiary/aromatic N) is 1. The fourth-order valence-corrected chi connectivity index (χ4v) is 10.1. The summed E-state index contributed by atoms with van der Waals surface area (Å²) in [6.07, 6.45) is 11.2. The van der Waals surface area contributed by atoms with Gasteiger partial charge in [-0.05, 0) is 107 Å². The third kappa shape index (κ3) is 14.3. The van der Waals surface area contributed by atoms with Crippen molar-refractivity contribution in [2.45, 2.75) is 180 Å². The molecule has 14 nitrogen and oxygen atoms in total. The smallest absolute Gasteiger partial charge is 0.329 e. The number of ether oxygens (including phenoxy) is 5. The highest BCUT2D eigenvalue weighted by atomic mass is 16.6. The van der Waals surface area contributed by atoms with Crippen molar-refractivity contribution in [2.75, 3.05) is 27.9 Å². The minimum Gasteiger partial charge on any atom is -0.460 e. The van der Waals surface area contributed by atoms with Crippen molar-refractivity contribution in [3.8, 4) is 0 Å². The van der Waals surface area contributed by atoms with Crippen LogP contribution in [0.2, 0.25) is 0 Å². The lowest BCUT2D eigenvalue weighted by atomic mass is 9.78. The lowest BCUT2D eigenvalue weighted by Crippen LogP contribution is -2.61. The number of rotatable bonds is 6. The third-order valence-corrected chi connectivity index (χ3v) is 14.5. The van der Waals surface area contributed by atoms with E-state index in [1.165, 1.54) is 12.0 Å². The Hall–Kier alpha value is -3.37. The van der Waals surface area contributed by atoms with Gasteiger partial charge in [0.05, 0.1) is 24.4 Å². The van der Waals surface area contributed by atoms with Crippen LogP contribution in [0.25, 0.3) is 0 Å². The number of Topliss-reactive ketones (excluding diaryl/α,β-unsaturated/α-hetero) is 3. The highest BCUT2D eigenvalue weighted by Gasteiger charge is 2.53. The Labute approximate surface area is 387 Å². The van der Waals surface area contributed by atoms with Gasteiger partial charge in [-0.25, -0.2) is 4.79 Å². The zero-order chi connectivity index (χ0) is 48.2. The van der Waals surface area contributed by atoms with Gasteiger partial charge < -0.3 is 43.9 Å². The molecule has 0 aromatic heterocycles. The molecule has 0 spiro atoms. The van der Waals surface area contributed by atoms with Gasteiger partial charge in [0.15, 0.2) is 5.78 Å². The first-order valence-electron chi connectivity index (χ1n) is 23.9. The van der Waals surface area contributed by atoms with E-state index in [1.54, 1.807) is 41.1 Å². The summed E-state index contributed by atoms with van der Waals surface area (Å²) in [6, 6.07) is -1.14. The number of aliphatic hydroxyl groups is 3. The van der Waals surface area contributed by atoms with Crippen molar-refractivity contribution in [3.05, 3.63) is 47.6 Å². The number of ketones is 3. The maximum Gasteiger partial charge on any atom is 0.329 e. The molecule has 1 amide bonds. The van der Waals surface area contributed by atoms with Crippen molar-refractivity contribution in [1.29, 1.82) is 0 Å². The van der Waals surface area contributed by atoms with E-state index in [4.69, 9.17) is 23.7 Å². The fourth-order valence-electron chi connectivity index (χ4n) is 10.1. The Morgan fingerprint density at radius 3 is 2.25 bits per heavy atom. The number of esters is 1. The second kappa shape index (κ2) is 25.1. The average Bonchev–Trinajstić information content (AvgIpc) is 3.28. The van der Waals surface area contributed by atoms with Crippen LogP contribution >= 0.6 is 0 Å². The molecule has 15 atom stereocenters. The summed E-state index contributed by atoms with van der Waals surface area (Å²) < 4.78 is 29.4. The predicted octanol–water partition coefficient (Wildman–Crippen LogP) is 6.18. The quantitative estimate of drug-likeness (QED) is 0.156. The van der Waals surface area contributed by atoms with Crippen LogP contribution in [0.3, 0.4) is 0 Å². The summed E-state index contributed by atoms with van der Waals surface area (Å²) in [5, 5.41) is 33.8. The minimum atomic E-state index is -2.43. The first-order valence-corrected chi connectivity index (χ1v) is 23.9. The van der Waals surface area contributed by atoms with Gasteiger partial charge in [-0.1, -0.05) is 71.1 Å².